The van der Waals surface area contributed by atoms with Crippen LogP contribution >= 0.6 is 0 Å². The van der Waals surface area contributed by atoms with E-state index in [1.165, 1.54) is 0 Å². The van der Waals surface area contributed by atoms with E-state index in [1.54, 1.807) is 29.7 Å². The Labute approximate surface area is 345 Å². The van der Waals surface area contributed by atoms with Gasteiger partial charge in [0.05, 0.1) is 0 Å². The van der Waals surface area contributed by atoms with Crippen LogP contribution in [-0.2, 0) is 17.8 Å². The van der Waals surface area contributed by atoms with Crippen LogP contribution in [0.1, 0.15) is 57.6 Å². The van der Waals surface area contributed by atoms with Crippen LogP contribution in [0.3, 0.4) is 0 Å². The number of carbonyl (C=O) groups is 1. The average Bonchev–Trinajstić information content (AvgIpc) is 3.23. The maximum Gasteiger partial charge on any atom is 0.410 e. The maximum absolute atomic E-state index is 12.2. The zero-order valence-electron chi connectivity index (χ0n) is 34.0. The Morgan fingerprint density at radius 3 is 1.64 bits per heavy atom. The maximum atomic E-state index is 12.2. The number of rotatable bonds is 10. The lowest BCUT2D eigenvalue weighted by Gasteiger charge is -2.33. The molecule has 2 aliphatic heterocycles. The minimum absolute atomic E-state index is 0.0542. The second kappa shape index (κ2) is 18.9. The Morgan fingerprint density at radius 2 is 1.15 bits per heavy atom. The van der Waals surface area contributed by atoms with Crippen molar-refractivity contribution in [1.29, 1.82) is 0 Å². The average molecular weight is 799 g/mol. The number of hydrogen-bond acceptors (Lipinski definition) is 13. The summed E-state index contributed by atoms with van der Waals surface area (Å²) in [5.74, 6) is 4.29. The van der Waals surface area contributed by atoms with Crippen molar-refractivity contribution in [3.63, 3.8) is 0 Å². The molecule has 2 aromatic carbocycles. The van der Waals surface area contributed by atoms with Gasteiger partial charge in [-0.25, -0.2) is 24.7 Å². The molecular weight excluding hydrogens is 745 g/mol. The molecule has 0 aliphatic carbocycles. The van der Waals surface area contributed by atoms with Crippen molar-refractivity contribution in [2.45, 2.75) is 77.4 Å². The SMILES string of the molecule is CC(C)(C)OC(=O)N1CCC(Oc2ccnc(NCc3ccc4c(N)nccc4c3)c2)CC1.Nc1nccc2cc(CNc3cc(OC4CCNCC4)ccn3)ccc12. The molecule has 2 fully saturated rings. The minimum Gasteiger partial charge on any atom is -0.490 e. The van der Waals surface area contributed by atoms with E-state index in [2.05, 4.69) is 54.1 Å². The number of nitrogens with zero attached hydrogens (tertiary/aromatic N) is 5. The Kier molecular flexibility index (Phi) is 13.1. The summed E-state index contributed by atoms with van der Waals surface area (Å²) >= 11 is 0. The van der Waals surface area contributed by atoms with E-state index in [1.807, 2.05) is 75.4 Å². The first-order valence-corrected chi connectivity index (χ1v) is 20.2. The van der Waals surface area contributed by atoms with Gasteiger partial charge in [-0.1, -0.05) is 24.3 Å². The van der Waals surface area contributed by atoms with Gasteiger partial charge in [-0.2, -0.15) is 0 Å². The van der Waals surface area contributed by atoms with Crippen molar-refractivity contribution in [3.05, 3.63) is 109 Å². The topological polar surface area (TPSA) is 188 Å². The molecule has 8 rings (SSSR count). The first-order chi connectivity index (χ1) is 28.5. The highest BCUT2D eigenvalue weighted by Crippen LogP contribution is 2.25. The predicted molar refractivity (Wildman–Crippen MR) is 233 cm³/mol. The Bertz CT molecular complexity index is 2340. The smallest absolute Gasteiger partial charge is 0.410 e. The Balaban J connectivity index is 0.000000184. The summed E-state index contributed by atoms with van der Waals surface area (Å²) in [5, 5.41) is 14.2. The lowest BCUT2D eigenvalue weighted by molar-refractivity contribution is 0.0126. The van der Waals surface area contributed by atoms with Crippen molar-refractivity contribution in [2.75, 3.05) is 48.3 Å². The van der Waals surface area contributed by atoms with Gasteiger partial charge in [-0.3, -0.25) is 0 Å². The van der Waals surface area contributed by atoms with Crippen LogP contribution in [-0.4, -0.2) is 74.9 Å². The zero-order valence-corrected chi connectivity index (χ0v) is 34.0. The Morgan fingerprint density at radius 1 is 0.678 bits per heavy atom. The molecule has 308 valence electrons. The predicted octanol–water partition coefficient (Wildman–Crippen LogP) is 7.56. The lowest BCUT2D eigenvalue weighted by Crippen LogP contribution is -2.44. The molecule has 0 spiro atoms. The second-order valence-corrected chi connectivity index (χ2v) is 15.8. The first kappa shape index (κ1) is 40.8. The molecule has 0 unspecified atom stereocenters. The number of ether oxygens (including phenoxy) is 3. The number of nitrogens with one attached hydrogen (secondary N) is 3. The van der Waals surface area contributed by atoms with Gasteiger partial charge in [-0.05, 0) is 105 Å². The summed E-state index contributed by atoms with van der Waals surface area (Å²) in [6.45, 7) is 10.2. The molecule has 0 atom stereocenters. The molecule has 14 nitrogen and oxygen atoms in total. The highest BCUT2D eigenvalue weighted by molar-refractivity contribution is 5.92. The third-order valence-electron chi connectivity index (χ3n) is 10.1. The lowest BCUT2D eigenvalue weighted by atomic mass is 10.1. The molecule has 14 heteroatoms. The van der Waals surface area contributed by atoms with E-state index in [9.17, 15) is 4.79 Å². The normalized spacial score (nSPS) is 14.9. The highest BCUT2D eigenvalue weighted by atomic mass is 16.6. The number of anilines is 4. The standard InChI is InChI=1S/C25H31N5O3.C20H23N5O/c1-25(2,3)33-24(31)30-12-8-19(9-13-30)32-20-7-11-27-22(15-20)29-16-17-4-5-21-18(14-17)6-10-28-23(21)26;21-20-18-2-1-14(11-15(18)3-9-24-20)13-25-19-12-17(6-10-23-19)26-16-4-7-22-8-5-16/h4-7,10-11,14-15,19H,8-9,12-13,16H2,1-3H3,(H2,26,28)(H,27,29);1-3,6,9-12,16,22H,4-5,7-8,13H2,(H2,21,24)(H,23,25). The molecule has 6 heterocycles. The number of piperidine rings is 2. The number of aromatic nitrogens is 4. The third-order valence-corrected chi connectivity index (χ3v) is 10.1. The number of nitrogens with two attached hydrogens (primary N) is 2. The molecule has 0 saturated carbocycles. The number of fused-ring (bicyclic) bond motifs is 2. The number of benzene rings is 2. The first-order valence-electron chi connectivity index (χ1n) is 20.2. The molecule has 1 amide bonds. The number of pyridine rings is 4. The summed E-state index contributed by atoms with van der Waals surface area (Å²) in [5.41, 5.74) is 13.6. The van der Waals surface area contributed by atoms with Crippen LogP contribution in [0, 0.1) is 0 Å². The third kappa shape index (κ3) is 11.6. The molecule has 4 aromatic heterocycles. The van der Waals surface area contributed by atoms with Gasteiger partial charge < -0.3 is 46.5 Å². The largest absolute Gasteiger partial charge is 0.490 e. The van der Waals surface area contributed by atoms with Crippen LogP contribution in [0.5, 0.6) is 11.5 Å². The summed E-state index contributed by atoms with van der Waals surface area (Å²) < 4.78 is 17.7. The summed E-state index contributed by atoms with van der Waals surface area (Å²) in [7, 11) is 0. The van der Waals surface area contributed by atoms with E-state index in [0.29, 0.717) is 37.8 Å². The van der Waals surface area contributed by atoms with Gasteiger partial charge in [0.15, 0.2) is 0 Å². The van der Waals surface area contributed by atoms with Gasteiger partial charge in [0, 0.05) is 86.7 Å². The van der Waals surface area contributed by atoms with Gasteiger partial charge >= 0.3 is 6.09 Å². The number of carbonyl (C=O) groups excluding carboxylic acids is 1. The number of nitrogen functional groups attached to an aromatic ring is 2. The van der Waals surface area contributed by atoms with Gasteiger partial charge in [0.2, 0.25) is 0 Å². The van der Waals surface area contributed by atoms with Gasteiger partial charge in [0.25, 0.3) is 0 Å². The van der Waals surface area contributed by atoms with E-state index in [4.69, 9.17) is 25.7 Å². The molecule has 0 radical (unpaired) electrons. The van der Waals surface area contributed by atoms with E-state index < -0.39 is 5.60 Å². The minimum atomic E-state index is -0.484. The number of hydrogen-bond donors (Lipinski definition) is 5. The molecule has 7 N–H and O–H groups in total. The second-order valence-electron chi connectivity index (χ2n) is 15.8. The van der Waals surface area contributed by atoms with Crippen molar-refractivity contribution in [1.82, 2.24) is 30.2 Å². The van der Waals surface area contributed by atoms with E-state index >= 15 is 0 Å². The van der Waals surface area contributed by atoms with Crippen LogP contribution in [0.25, 0.3) is 21.5 Å². The molecule has 0 bridgehead atoms. The monoisotopic (exact) mass is 798 g/mol. The fourth-order valence-corrected chi connectivity index (χ4v) is 7.05. The molecule has 59 heavy (non-hydrogen) atoms. The van der Waals surface area contributed by atoms with Crippen molar-refractivity contribution in [2.24, 2.45) is 0 Å². The number of likely N-dealkylation sites (tertiary alicyclic amines) is 1. The van der Waals surface area contributed by atoms with Crippen molar-refractivity contribution < 1.29 is 19.0 Å². The summed E-state index contributed by atoms with van der Waals surface area (Å²) in [4.78, 5) is 31.0. The van der Waals surface area contributed by atoms with Crippen molar-refractivity contribution in [3.8, 4) is 11.5 Å². The highest BCUT2D eigenvalue weighted by Gasteiger charge is 2.27. The quantitative estimate of drug-likeness (QED) is 0.0915. The molecule has 6 aromatic rings. The van der Waals surface area contributed by atoms with Crippen LogP contribution in [0.2, 0.25) is 0 Å². The van der Waals surface area contributed by atoms with Crippen molar-refractivity contribution >= 4 is 50.9 Å². The fraction of sp³-hybridized carbons (Fsp3) is 0.356. The molecule has 2 aliphatic rings. The van der Waals surface area contributed by atoms with Gasteiger partial charge in [-0.15, -0.1) is 0 Å². The summed E-state index contributed by atoms with van der Waals surface area (Å²) in [6.07, 6.45) is 10.7. The zero-order chi connectivity index (χ0) is 41.2. The fourth-order valence-electron chi connectivity index (χ4n) is 7.05. The van der Waals surface area contributed by atoms with Crippen LogP contribution < -0.4 is 36.9 Å². The van der Waals surface area contributed by atoms with Crippen LogP contribution in [0.4, 0.5) is 28.1 Å². The van der Waals surface area contributed by atoms with Gasteiger partial charge in [0.1, 0.15) is 52.6 Å². The Hall–Kier alpha value is -6.41. The van der Waals surface area contributed by atoms with E-state index in [0.717, 1.165) is 94.6 Å². The van der Waals surface area contributed by atoms with Crippen LogP contribution in [0.15, 0.2) is 97.6 Å². The number of amides is 1. The summed E-state index contributed by atoms with van der Waals surface area (Å²) in [6, 6.07) is 23.9. The molecular formula is C45H54N10O4. The molecule has 2 saturated heterocycles. The van der Waals surface area contributed by atoms with E-state index in [-0.39, 0.29) is 18.3 Å².